The lowest BCUT2D eigenvalue weighted by atomic mass is 9.95. The zero-order chi connectivity index (χ0) is 21.4. The standard InChI is InChI=1S/C24H17Cl2NO3/c1-14-7-12-18(13-19(14)26)27-21(15-8-10-17(25)11-9-15)20(23(29)24(27)30)22(28)16-5-3-2-4-6-16/h2-13,21,28H,1H3/t21-/m1/s1. The number of aliphatic hydroxyl groups is 1. The second-order valence-corrected chi connectivity index (χ2v) is 7.86. The minimum absolute atomic E-state index is 0.0187. The number of aliphatic hydroxyl groups excluding tert-OH is 1. The van der Waals surface area contributed by atoms with Crippen LogP contribution < -0.4 is 4.90 Å². The molecule has 3 aromatic carbocycles. The number of amides is 1. The largest absolute Gasteiger partial charge is 0.507 e. The SMILES string of the molecule is Cc1ccc(N2C(=O)C(=O)C(=C(O)c3ccccc3)[C@H]2c2ccc(Cl)cc2)cc1Cl. The molecule has 1 N–H and O–H groups in total. The molecule has 0 spiro atoms. The fourth-order valence-corrected chi connectivity index (χ4v) is 3.84. The molecule has 1 amide bonds. The average Bonchev–Trinajstić information content (AvgIpc) is 3.01. The van der Waals surface area contributed by atoms with E-state index in [0.717, 1.165) is 5.56 Å². The van der Waals surface area contributed by atoms with Gasteiger partial charge in [-0.05, 0) is 42.3 Å². The summed E-state index contributed by atoms with van der Waals surface area (Å²) in [5.41, 5.74) is 2.44. The van der Waals surface area contributed by atoms with Crippen LogP contribution in [-0.2, 0) is 9.59 Å². The van der Waals surface area contributed by atoms with Crippen LogP contribution in [0.1, 0.15) is 22.7 Å². The van der Waals surface area contributed by atoms with Crippen LogP contribution in [0.5, 0.6) is 0 Å². The number of carbonyl (C=O) groups is 2. The molecule has 0 aromatic heterocycles. The highest BCUT2D eigenvalue weighted by Crippen LogP contribution is 2.43. The van der Waals surface area contributed by atoms with Gasteiger partial charge in [0.15, 0.2) is 0 Å². The predicted octanol–water partition coefficient (Wildman–Crippen LogP) is 5.93. The fraction of sp³-hybridized carbons (Fsp3) is 0.0833. The van der Waals surface area contributed by atoms with Gasteiger partial charge in [-0.2, -0.15) is 0 Å². The summed E-state index contributed by atoms with van der Waals surface area (Å²) >= 11 is 12.3. The maximum atomic E-state index is 13.1. The Kier molecular flexibility index (Phi) is 5.37. The topological polar surface area (TPSA) is 57.6 Å². The summed E-state index contributed by atoms with van der Waals surface area (Å²) in [5.74, 6) is -1.71. The first-order valence-corrected chi connectivity index (χ1v) is 10.0. The summed E-state index contributed by atoms with van der Waals surface area (Å²) in [6.45, 7) is 1.85. The van der Waals surface area contributed by atoms with E-state index in [1.54, 1.807) is 72.8 Å². The minimum Gasteiger partial charge on any atom is -0.507 e. The molecule has 0 unspecified atom stereocenters. The molecule has 0 aliphatic carbocycles. The second-order valence-electron chi connectivity index (χ2n) is 7.02. The Labute approximate surface area is 184 Å². The number of ketones is 1. The maximum Gasteiger partial charge on any atom is 0.300 e. The van der Waals surface area contributed by atoms with E-state index in [-0.39, 0.29) is 11.3 Å². The maximum absolute atomic E-state index is 13.1. The van der Waals surface area contributed by atoms with Gasteiger partial charge in [-0.25, -0.2) is 0 Å². The summed E-state index contributed by atoms with van der Waals surface area (Å²) < 4.78 is 0. The van der Waals surface area contributed by atoms with E-state index >= 15 is 0 Å². The van der Waals surface area contributed by atoms with E-state index in [0.29, 0.717) is 26.9 Å². The molecule has 6 heteroatoms. The van der Waals surface area contributed by atoms with Crippen molar-refractivity contribution in [1.82, 2.24) is 0 Å². The van der Waals surface area contributed by atoms with Gasteiger partial charge in [-0.15, -0.1) is 0 Å². The molecule has 1 saturated heterocycles. The van der Waals surface area contributed by atoms with Gasteiger partial charge in [-0.3, -0.25) is 14.5 Å². The van der Waals surface area contributed by atoms with Crippen LogP contribution in [0.2, 0.25) is 10.0 Å². The summed E-state index contributed by atoms with van der Waals surface area (Å²) in [5, 5.41) is 12.0. The summed E-state index contributed by atoms with van der Waals surface area (Å²) in [7, 11) is 0. The first-order chi connectivity index (χ1) is 14.4. The van der Waals surface area contributed by atoms with E-state index in [9.17, 15) is 14.7 Å². The first-order valence-electron chi connectivity index (χ1n) is 9.26. The van der Waals surface area contributed by atoms with Crippen LogP contribution in [0.25, 0.3) is 5.76 Å². The molecule has 4 rings (SSSR count). The van der Waals surface area contributed by atoms with E-state index in [1.807, 2.05) is 6.92 Å². The first kappa shape index (κ1) is 20.2. The van der Waals surface area contributed by atoms with Crippen molar-refractivity contribution in [2.75, 3.05) is 4.90 Å². The molecule has 0 saturated carbocycles. The molecule has 1 heterocycles. The molecule has 0 bridgehead atoms. The minimum atomic E-state index is -0.818. The van der Waals surface area contributed by atoms with Gasteiger partial charge in [-0.1, -0.05) is 71.7 Å². The number of Topliss-reactive ketones (excluding diaryl/α,β-unsaturated/α-hetero) is 1. The van der Waals surface area contributed by atoms with Gasteiger partial charge in [0.1, 0.15) is 5.76 Å². The normalized spacial score (nSPS) is 18.1. The highest BCUT2D eigenvalue weighted by Gasteiger charge is 2.47. The monoisotopic (exact) mass is 437 g/mol. The van der Waals surface area contributed by atoms with Crippen molar-refractivity contribution < 1.29 is 14.7 Å². The van der Waals surface area contributed by atoms with Crippen LogP contribution in [-0.4, -0.2) is 16.8 Å². The van der Waals surface area contributed by atoms with E-state index in [1.165, 1.54) is 4.90 Å². The Morgan fingerprint density at radius 2 is 1.60 bits per heavy atom. The smallest absolute Gasteiger partial charge is 0.300 e. The van der Waals surface area contributed by atoms with Crippen LogP contribution in [0.4, 0.5) is 5.69 Å². The Balaban J connectivity index is 1.95. The Morgan fingerprint density at radius 1 is 0.933 bits per heavy atom. The van der Waals surface area contributed by atoms with Crippen molar-refractivity contribution in [3.05, 3.63) is 105 Å². The number of aryl methyl sites for hydroxylation is 1. The van der Waals surface area contributed by atoms with E-state index in [2.05, 4.69) is 0 Å². The average molecular weight is 438 g/mol. The summed E-state index contributed by atoms with van der Waals surface area (Å²) in [6, 6.07) is 19.9. The van der Waals surface area contributed by atoms with E-state index < -0.39 is 17.7 Å². The van der Waals surface area contributed by atoms with Gasteiger partial charge in [0, 0.05) is 21.3 Å². The van der Waals surface area contributed by atoms with Crippen LogP contribution in [0.3, 0.4) is 0 Å². The van der Waals surface area contributed by atoms with Crippen molar-refractivity contribution in [2.45, 2.75) is 13.0 Å². The number of anilines is 1. The van der Waals surface area contributed by atoms with Crippen LogP contribution >= 0.6 is 23.2 Å². The van der Waals surface area contributed by atoms with Crippen molar-refractivity contribution in [2.24, 2.45) is 0 Å². The number of halogens is 2. The van der Waals surface area contributed by atoms with Crippen molar-refractivity contribution in [3.8, 4) is 0 Å². The molecule has 1 fully saturated rings. The number of benzene rings is 3. The Bertz CT molecular complexity index is 1170. The molecular formula is C24H17Cl2NO3. The highest BCUT2D eigenvalue weighted by atomic mass is 35.5. The second kappa shape index (κ2) is 7.98. The van der Waals surface area contributed by atoms with Gasteiger partial charge in [0.25, 0.3) is 11.7 Å². The van der Waals surface area contributed by atoms with Crippen molar-refractivity contribution in [1.29, 1.82) is 0 Å². The molecule has 1 aliphatic rings. The molecule has 1 atom stereocenters. The molecular weight excluding hydrogens is 421 g/mol. The predicted molar refractivity (Wildman–Crippen MR) is 119 cm³/mol. The van der Waals surface area contributed by atoms with Gasteiger partial charge in [0.05, 0.1) is 11.6 Å². The lowest BCUT2D eigenvalue weighted by molar-refractivity contribution is -0.132. The zero-order valence-corrected chi connectivity index (χ0v) is 17.5. The third kappa shape index (κ3) is 3.49. The molecule has 4 nitrogen and oxygen atoms in total. The quantitative estimate of drug-likeness (QED) is 0.313. The lowest BCUT2D eigenvalue weighted by Gasteiger charge is -2.26. The zero-order valence-electron chi connectivity index (χ0n) is 16.0. The molecule has 1 aliphatic heterocycles. The molecule has 150 valence electrons. The number of nitrogens with zero attached hydrogens (tertiary/aromatic N) is 1. The van der Waals surface area contributed by atoms with Crippen molar-refractivity contribution >= 4 is 46.3 Å². The third-order valence-electron chi connectivity index (χ3n) is 5.11. The highest BCUT2D eigenvalue weighted by molar-refractivity contribution is 6.51. The van der Waals surface area contributed by atoms with Gasteiger partial charge < -0.3 is 5.11 Å². The summed E-state index contributed by atoms with van der Waals surface area (Å²) in [4.78, 5) is 27.5. The molecule has 3 aromatic rings. The summed E-state index contributed by atoms with van der Waals surface area (Å²) in [6.07, 6.45) is 0. The lowest BCUT2D eigenvalue weighted by Crippen LogP contribution is -2.29. The number of carbonyl (C=O) groups excluding carboxylic acids is 2. The van der Waals surface area contributed by atoms with Crippen LogP contribution in [0, 0.1) is 6.92 Å². The number of rotatable bonds is 3. The van der Waals surface area contributed by atoms with Crippen LogP contribution in [0.15, 0.2) is 78.4 Å². The Morgan fingerprint density at radius 3 is 2.23 bits per heavy atom. The molecule has 30 heavy (non-hydrogen) atoms. The van der Waals surface area contributed by atoms with Gasteiger partial charge in [0.2, 0.25) is 0 Å². The number of hydrogen-bond acceptors (Lipinski definition) is 3. The van der Waals surface area contributed by atoms with Gasteiger partial charge >= 0.3 is 0 Å². The Hall–Kier alpha value is -3.08. The third-order valence-corrected chi connectivity index (χ3v) is 5.77. The number of hydrogen-bond donors (Lipinski definition) is 1. The fourth-order valence-electron chi connectivity index (χ4n) is 3.54. The molecule has 0 radical (unpaired) electrons. The van der Waals surface area contributed by atoms with E-state index in [4.69, 9.17) is 23.2 Å². The van der Waals surface area contributed by atoms with Crippen molar-refractivity contribution in [3.63, 3.8) is 0 Å².